The van der Waals surface area contributed by atoms with Crippen LogP contribution in [0.2, 0.25) is 0 Å². The molecule has 1 N–H and O–H groups in total. The van der Waals surface area contributed by atoms with Gasteiger partial charge in [0, 0.05) is 22.0 Å². The Labute approximate surface area is 123 Å². The van der Waals surface area contributed by atoms with E-state index in [4.69, 9.17) is 14.4 Å². The molecule has 0 radical (unpaired) electrons. The molecule has 0 unspecified atom stereocenters. The third-order valence-electron chi connectivity index (χ3n) is 3.08. The highest BCUT2D eigenvalue weighted by molar-refractivity contribution is 9.10. The van der Waals surface area contributed by atoms with E-state index < -0.39 is 5.97 Å². The number of carbonyl (C=O) groups is 1. The Morgan fingerprint density at radius 1 is 1.45 bits per heavy atom. The SMILES string of the molecule is O=C(O)COc1ccc(Br)cc1-c1cc(C2CC2)on1. The summed E-state index contributed by atoms with van der Waals surface area (Å²) in [7, 11) is 0. The minimum Gasteiger partial charge on any atom is -0.481 e. The Morgan fingerprint density at radius 2 is 2.25 bits per heavy atom. The minimum absolute atomic E-state index is 0.387. The molecule has 20 heavy (non-hydrogen) atoms. The van der Waals surface area contributed by atoms with E-state index in [1.54, 1.807) is 12.1 Å². The van der Waals surface area contributed by atoms with Gasteiger partial charge in [-0.2, -0.15) is 0 Å². The van der Waals surface area contributed by atoms with Crippen molar-refractivity contribution in [2.24, 2.45) is 0 Å². The molecule has 0 spiro atoms. The van der Waals surface area contributed by atoms with Crippen LogP contribution in [0.5, 0.6) is 5.75 Å². The van der Waals surface area contributed by atoms with Crippen LogP contribution in [0.25, 0.3) is 11.3 Å². The third kappa shape index (κ3) is 2.85. The summed E-state index contributed by atoms with van der Waals surface area (Å²) in [5.74, 6) is 0.819. The van der Waals surface area contributed by atoms with Crippen molar-refractivity contribution in [1.82, 2.24) is 5.16 Å². The Bertz CT molecular complexity index is 648. The number of halogens is 1. The van der Waals surface area contributed by atoms with Crippen LogP contribution in [0.3, 0.4) is 0 Å². The summed E-state index contributed by atoms with van der Waals surface area (Å²) < 4.78 is 11.5. The fraction of sp³-hybridized carbons (Fsp3) is 0.286. The second-order valence-electron chi connectivity index (χ2n) is 4.71. The van der Waals surface area contributed by atoms with E-state index in [0.29, 0.717) is 17.4 Å². The molecule has 0 amide bonds. The Hall–Kier alpha value is -1.82. The summed E-state index contributed by atoms with van der Waals surface area (Å²) in [6, 6.07) is 7.25. The Kier molecular flexibility index (Phi) is 3.48. The molecule has 3 rings (SSSR count). The third-order valence-corrected chi connectivity index (χ3v) is 3.57. The molecule has 1 aliphatic carbocycles. The van der Waals surface area contributed by atoms with Gasteiger partial charge >= 0.3 is 5.97 Å². The summed E-state index contributed by atoms with van der Waals surface area (Å²) in [5.41, 5.74) is 1.38. The molecule has 0 atom stereocenters. The van der Waals surface area contributed by atoms with E-state index in [-0.39, 0.29) is 6.61 Å². The summed E-state index contributed by atoms with van der Waals surface area (Å²) in [6.45, 7) is -0.387. The lowest BCUT2D eigenvalue weighted by atomic mass is 10.1. The second-order valence-corrected chi connectivity index (χ2v) is 5.63. The molecule has 1 aromatic carbocycles. The molecule has 1 heterocycles. The van der Waals surface area contributed by atoms with Crippen LogP contribution in [0.1, 0.15) is 24.5 Å². The molecule has 1 aromatic heterocycles. The van der Waals surface area contributed by atoms with Crippen LogP contribution in [-0.2, 0) is 4.79 Å². The standard InChI is InChI=1S/C14H12BrNO4/c15-9-3-4-12(19-7-14(17)18)10(5-9)11-6-13(20-16-11)8-1-2-8/h3-6,8H,1-2,7H2,(H,17,18). The maximum absolute atomic E-state index is 10.6. The molecule has 0 bridgehead atoms. The van der Waals surface area contributed by atoms with Gasteiger partial charge in [-0.25, -0.2) is 4.79 Å². The number of aliphatic carboxylic acids is 1. The predicted molar refractivity (Wildman–Crippen MR) is 74.7 cm³/mol. The van der Waals surface area contributed by atoms with Crippen molar-refractivity contribution in [3.8, 4) is 17.0 Å². The van der Waals surface area contributed by atoms with Crippen molar-refractivity contribution >= 4 is 21.9 Å². The van der Waals surface area contributed by atoms with E-state index in [1.165, 1.54) is 0 Å². The number of carboxylic acids is 1. The van der Waals surface area contributed by atoms with Crippen LogP contribution in [0, 0.1) is 0 Å². The van der Waals surface area contributed by atoms with Crippen molar-refractivity contribution < 1.29 is 19.2 Å². The van der Waals surface area contributed by atoms with Crippen LogP contribution in [0.15, 0.2) is 33.3 Å². The molecule has 5 nitrogen and oxygen atoms in total. The molecule has 6 heteroatoms. The van der Waals surface area contributed by atoms with Gasteiger partial charge < -0.3 is 14.4 Å². The molecule has 2 aromatic rings. The number of aromatic nitrogens is 1. The largest absolute Gasteiger partial charge is 0.481 e. The summed E-state index contributed by atoms with van der Waals surface area (Å²) in [4.78, 5) is 10.6. The molecule has 1 saturated carbocycles. The van der Waals surface area contributed by atoms with Crippen molar-refractivity contribution in [2.75, 3.05) is 6.61 Å². The lowest BCUT2D eigenvalue weighted by Crippen LogP contribution is -2.09. The average molecular weight is 338 g/mol. The molecule has 1 fully saturated rings. The van der Waals surface area contributed by atoms with Gasteiger partial charge in [0.25, 0.3) is 0 Å². The van der Waals surface area contributed by atoms with Gasteiger partial charge in [0.2, 0.25) is 0 Å². The van der Waals surface area contributed by atoms with Gasteiger partial charge in [-0.1, -0.05) is 21.1 Å². The van der Waals surface area contributed by atoms with E-state index in [1.807, 2.05) is 12.1 Å². The number of benzene rings is 1. The zero-order valence-corrected chi connectivity index (χ0v) is 12.1. The zero-order valence-electron chi connectivity index (χ0n) is 10.5. The van der Waals surface area contributed by atoms with Gasteiger partial charge in [-0.15, -0.1) is 0 Å². The number of carboxylic acid groups (broad SMARTS) is 1. The topological polar surface area (TPSA) is 72.6 Å². The monoisotopic (exact) mass is 337 g/mol. The first kappa shape index (κ1) is 13.2. The van der Waals surface area contributed by atoms with Gasteiger partial charge in [0.1, 0.15) is 17.2 Å². The zero-order chi connectivity index (χ0) is 14.1. The van der Waals surface area contributed by atoms with Crippen molar-refractivity contribution in [1.29, 1.82) is 0 Å². The van der Waals surface area contributed by atoms with E-state index in [2.05, 4.69) is 21.1 Å². The van der Waals surface area contributed by atoms with Gasteiger partial charge in [-0.3, -0.25) is 0 Å². The quantitative estimate of drug-likeness (QED) is 0.904. The minimum atomic E-state index is -1.02. The predicted octanol–water partition coefficient (Wildman–Crippen LogP) is 3.44. The van der Waals surface area contributed by atoms with Gasteiger partial charge in [-0.05, 0) is 31.0 Å². The summed E-state index contributed by atoms with van der Waals surface area (Å²) in [5, 5.41) is 12.8. The van der Waals surface area contributed by atoms with Crippen LogP contribution < -0.4 is 4.74 Å². The number of ether oxygens (including phenoxy) is 1. The molecular weight excluding hydrogens is 326 g/mol. The van der Waals surface area contributed by atoms with Crippen LogP contribution in [0.4, 0.5) is 0 Å². The summed E-state index contributed by atoms with van der Waals surface area (Å²) in [6.07, 6.45) is 2.27. The average Bonchev–Trinajstić information content (AvgIpc) is 3.15. The van der Waals surface area contributed by atoms with Gasteiger partial charge in [0.05, 0.1) is 0 Å². The van der Waals surface area contributed by atoms with Crippen molar-refractivity contribution in [2.45, 2.75) is 18.8 Å². The first-order valence-electron chi connectivity index (χ1n) is 6.24. The highest BCUT2D eigenvalue weighted by atomic mass is 79.9. The van der Waals surface area contributed by atoms with E-state index in [9.17, 15) is 4.79 Å². The molecule has 0 saturated heterocycles. The van der Waals surface area contributed by atoms with Gasteiger partial charge in [0.15, 0.2) is 6.61 Å². The first-order chi connectivity index (χ1) is 9.63. The highest BCUT2D eigenvalue weighted by Gasteiger charge is 2.28. The highest BCUT2D eigenvalue weighted by Crippen LogP contribution is 2.42. The van der Waals surface area contributed by atoms with Crippen molar-refractivity contribution in [3.05, 3.63) is 34.5 Å². The van der Waals surface area contributed by atoms with Crippen LogP contribution >= 0.6 is 15.9 Å². The lowest BCUT2D eigenvalue weighted by molar-refractivity contribution is -0.139. The number of rotatable bonds is 5. The van der Waals surface area contributed by atoms with Crippen LogP contribution in [-0.4, -0.2) is 22.8 Å². The Morgan fingerprint density at radius 3 is 2.95 bits per heavy atom. The van der Waals surface area contributed by atoms with Crippen molar-refractivity contribution in [3.63, 3.8) is 0 Å². The fourth-order valence-electron chi connectivity index (χ4n) is 1.94. The molecular formula is C14H12BrNO4. The summed E-state index contributed by atoms with van der Waals surface area (Å²) >= 11 is 3.39. The molecule has 1 aliphatic rings. The number of hydrogen-bond acceptors (Lipinski definition) is 4. The smallest absolute Gasteiger partial charge is 0.341 e. The number of nitrogens with zero attached hydrogens (tertiary/aromatic N) is 1. The Balaban J connectivity index is 1.92. The van der Waals surface area contributed by atoms with E-state index >= 15 is 0 Å². The lowest BCUT2D eigenvalue weighted by Gasteiger charge is -2.08. The fourth-order valence-corrected chi connectivity index (χ4v) is 2.31. The molecule has 104 valence electrons. The maximum atomic E-state index is 10.6. The molecule has 0 aliphatic heterocycles. The van der Waals surface area contributed by atoms with E-state index in [0.717, 1.165) is 28.6 Å². The number of hydrogen-bond donors (Lipinski definition) is 1. The first-order valence-corrected chi connectivity index (χ1v) is 7.04. The normalized spacial score (nSPS) is 14.2. The second kappa shape index (κ2) is 5.28. The maximum Gasteiger partial charge on any atom is 0.341 e.